The molecule has 0 saturated carbocycles. The minimum atomic E-state index is 0.106. The van der Waals surface area contributed by atoms with Crippen LogP contribution in [-0.4, -0.2) is 26.0 Å². The van der Waals surface area contributed by atoms with Crippen LogP contribution in [0.15, 0.2) is 0 Å². The van der Waals surface area contributed by atoms with E-state index in [1.165, 1.54) is 0 Å². The van der Waals surface area contributed by atoms with Crippen LogP contribution in [0, 0.1) is 11.8 Å². The van der Waals surface area contributed by atoms with Crippen molar-refractivity contribution >= 4 is 5.78 Å². The summed E-state index contributed by atoms with van der Waals surface area (Å²) in [5.41, 5.74) is 5.44. The van der Waals surface area contributed by atoms with Gasteiger partial charge in [0.05, 0.1) is 0 Å². The summed E-state index contributed by atoms with van der Waals surface area (Å²) < 4.78 is 4.92. The number of nitrogens with two attached hydrogens (primary N) is 1. The van der Waals surface area contributed by atoms with Gasteiger partial charge in [-0.25, -0.2) is 0 Å². The molecule has 0 aromatic heterocycles. The van der Waals surface area contributed by atoms with Crippen molar-refractivity contribution < 1.29 is 9.53 Å². The van der Waals surface area contributed by atoms with E-state index in [0.717, 1.165) is 6.42 Å². The number of ether oxygens (including phenoxy) is 1. The number of ketones is 1. The Hall–Kier alpha value is -0.410. The topological polar surface area (TPSA) is 52.3 Å². The molecule has 0 fully saturated rings. The second kappa shape index (κ2) is 7.04. The van der Waals surface area contributed by atoms with Gasteiger partial charge >= 0.3 is 0 Å². The number of methoxy groups -OCH3 is 1. The summed E-state index contributed by atoms with van der Waals surface area (Å²) in [6, 6.07) is 0. The van der Waals surface area contributed by atoms with Crippen LogP contribution in [0.25, 0.3) is 0 Å². The molecule has 0 aliphatic carbocycles. The molecule has 0 aliphatic rings. The van der Waals surface area contributed by atoms with E-state index in [4.69, 9.17) is 10.5 Å². The first-order valence-corrected chi connectivity index (χ1v) is 4.83. The lowest BCUT2D eigenvalue weighted by molar-refractivity contribution is -0.123. The maximum Gasteiger partial charge on any atom is 0.136 e. The average molecular weight is 187 g/mol. The molecule has 0 bridgehead atoms. The van der Waals surface area contributed by atoms with Crippen LogP contribution in [0.5, 0.6) is 0 Å². The fraction of sp³-hybridized carbons (Fsp3) is 0.900. The molecule has 13 heavy (non-hydrogen) atoms. The lowest BCUT2D eigenvalue weighted by Gasteiger charge is -2.12. The molecule has 0 radical (unpaired) electrons. The first-order chi connectivity index (χ1) is 6.11. The van der Waals surface area contributed by atoms with Gasteiger partial charge in [-0.3, -0.25) is 4.79 Å². The third-order valence-corrected chi connectivity index (χ3v) is 2.26. The van der Waals surface area contributed by atoms with Crippen molar-refractivity contribution in [2.75, 3.05) is 20.3 Å². The summed E-state index contributed by atoms with van der Waals surface area (Å²) >= 11 is 0. The third kappa shape index (κ3) is 5.77. The van der Waals surface area contributed by atoms with E-state index in [-0.39, 0.29) is 5.92 Å². The highest BCUT2D eigenvalue weighted by Crippen LogP contribution is 2.10. The zero-order valence-electron chi connectivity index (χ0n) is 8.88. The Bertz CT molecular complexity index is 148. The number of carbonyl (C=O) groups is 1. The average Bonchev–Trinajstić information content (AvgIpc) is 2.13. The number of carbonyl (C=O) groups excluding carboxylic acids is 1. The first-order valence-electron chi connectivity index (χ1n) is 4.83. The quantitative estimate of drug-likeness (QED) is 0.652. The summed E-state index contributed by atoms with van der Waals surface area (Å²) in [4.78, 5) is 11.5. The van der Waals surface area contributed by atoms with Crippen LogP contribution >= 0.6 is 0 Å². The van der Waals surface area contributed by atoms with Crippen molar-refractivity contribution in [3.05, 3.63) is 0 Å². The van der Waals surface area contributed by atoms with Crippen LogP contribution in [0.1, 0.15) is 26.7 Å². The number of rotatable bonds is 7. The number of Topliss-reactive ketones (excluding diaryl/α,β-unsaturated/α-hetero) is 1. The van der Waals surface area contributed by atoms with Gasteiger partial charge in [0.2, 0.25) is 0 Å². The van der Waals surface area contributed by atoms with Crippen molar-refractivity contribution in [1.29, 1.82) is 0 Å². The molecule has 2 N–H and O–H groups in total. The summed E-state index contributed by atoms with van der Waals surface area (Å²) in [7, 11) is 1.65. The predicted molar refractivity (Wildman–Crippen MR) is 53.5 cm³/mol. The predicted octanol–water partition coefficient (Wildman–Crippen LogP) is 1.21. The van der Waals surface area contributed by atoms with Crippen LogP contribution in [0.3, 0.4) is 0 Å². The largest absolute Gasteiger partial charge is 0.385 e. The van der Waals surface area contributed by atoms with Gasteiger partial charge < -0.3 is 10.5 Å². The van der Waals surface area contributed by atoms with E-state index < -0.39 is 0 Å². The first kappa shape index (κ1) is 12.6. The van der Waals surface area contributed by atoms with E-state index in [1.807, 2.05) is 13.8 Å². The zero-order valence-corrected chi connectivity index (χ0v) is 8.88. The molecule has 3 nitrogen and oxygen atoms in total. The molecule has 0 heterocycles. The molecule has 2 atom stereocenters. The Kier molecular flexibility index (Phi) is 6.82. The summed E-state index contributed by atoms with van der Waals surface area (Å²) in [5, 5.41) is 0. The Balaban J connectivity index is 3.68. The van der Waals surface area contributed by atoms with E-state index in [9.17, 15) is 4.79 Å². The van der Waals surface area contributed by atoms with Crippen molar-refractivity contribution in [2.24, 2.45) is 17.6 Å². The summed E-state index contributed by atoms with van der Waals surface area (Å²) in [5.74, 6) is 0.710. The lowest BCUT2D eigenvalue weighted by Crippen LogP contribution is -2.20. The molecule has 0 aliphatic heterocycles. The maximum atomic E-state index is 11.5. The van der Waals surface area contributed by atoms with Crippen molar-refractivity contribution in [1.82, 2.24) is 0 Å². The Labute approximate surface area is 80.6 Å². The minimum absolute atomic E-state index is 0.106. The number of hydrogen-bond donors (Lipinski definition) is 1. The second-order valence-corrected chi connectivity index (χ2v) is 3.69. The molecule has 0 saturated heterocycles. The molecule has 0 aromatic carbocycles. The smallest absolute Gasteiger partial charge is 0.136 e. The van der Waals surface area contributed by atoms with Crippen molar-refractivity contribution in [3.8, 4) is 0 Å². The van der Waals surface area contributed by atoms with E-state index in [1.54, 1.807) is 7.11 Å². The fourth-order valence-corrected chi connectivity index (χ4v) is 1.08. The normalized spacial score (nSPS) is 15.4. The van der Waals surface area contributed by atoms with Gasteiger partial charge in [-0.05, 0) is 18.9 Å². The fourth-order valence-electron chi connectivity index (χ4n) is 1.08. The maximum absolute atomic E-state index is 11.5. The molecular formula is C10H21NO2. The molecule has 0 amide bonds. The molecular weight excluding hydrogens is 166 g/mol. The third-order valence-electron chi connectivity index (χ3n) is 2.26. The minimum Gasteiger partial charge on any atom is -0.385 e. The Morgan fingerprint density at radius 1 is 1.46 bits per heavy atom. The van der Waals surface area contributed by atoms with Crippen LogP contribution in [0.2, 0.25) is 0 Å². The van der Waals surface area contributed by atoms with Gasteiger partial charge in [-0.2, -0.15) is 0 Å². The molecule has 0 rings (SSSR count). The SMILES string of the molecule is COCCC(C)C(=O)CC(C)CN. The van der Waals surface area contributed by atoms with Crippen molar-refractivity contribution in [3.63, 3.8) is 0 Å². The lowest BCUT2D eigenvalue weighted by atomic mass is 9.95. The summed E-state index contributed by atoms with van der Waals surface area (Å²) in [6.45, 7) is 5.19. The van der Waals surface area contributed by atoms with Crippen molar-refractivity contribution in [2.45, 2.75) is 26.7 Å². The molecule has 2 unspecified atom stereocenters. The number of hydrogen-bond acceptors (Lipinski definition) is 3. The molecule has 0 aromatic rings. The van der Waals surface area contributed by atoms with Crippen LogP contribution in [-0.2, 0) is 9.53 Å². The zero-order chi connectivity index (χ0) is 10.3. The van der Waals surface area contributed by atoms with Crippen LogP contribution < -0.4 is 5.73 Å². The van der Waals surface area contributed by atoms with Gasteiger partial charge in [0, 0.05) is 26.1 Å². The van der Waals surface area contributed by atoms with Gasteiger partial charge in [0.25, 0.3) is 0 Å². The molecule has 0 spiro atoms. The Morgan fingerprint density at radius 3 is 2.54 bits per heavy atom. The van der Waals surface area contributed by atoms with Crippen LogP contribution in [0.4, 0.5) is 0 Å². The van der Waals surface area contributed by atoms with Gasteiger partial charge in [-0.15, -0.1) is 0 Å². The summed E-state index contributed by atoms with van der Waals surface area (Å²) in [6.07, 6.45) is 1.41. The van der Waals surface area contributed by atoms with E-state index >= 15 is 0 Å². The molecule has 3 heteroatoms. The standard InChI is InChI=1S/C10H21NO2/c1-8(7-11)6-10(12)9(2)4-5-13-3/h8-9H,4-7,11H2,1-3H3. The monoisotopic (exact) mass is 187 g/mol. The highest BCUT2D eigenvalue weighted by molar-refractivity contribution is 5.80. The van der Waals surface area contributed by atoms with Gasteiger partial charge in [-0.1, -0.05) is 13.8 Å². The van der Waals surface area contributed by atoms with E-state index in [2.05, 4.69) is 0 Å². The van der Waals surface area contributed by atoms with Gasteiger partial charge in [0.1, 0.15) is 5.78 Å². The highest BCUT2D eigenvalue weighted by Gasteiger charge is 2.14. The molecule has 78 valence electrons. The Morgan fingerprint density at radius 2 is 2.08 bits per heavy atom. The second-order valence-electron chi connectivity index (χ2n) is 3.69. The highest BCUT2D eigenvalue weighted by atomic mass is 16.5. The van der Waals surface area contributed by atoms with Gasteiger partial charge in [0.15, 0.2) is 0 Å². The van der Waals surface area contributed by atoms with E-state index in [0.29, 0.717) is 31.3 Å².